The van der Waals surface area contributed by atoms with E-state index in [2.05, 4.69) is 0 Å². The van der Waals surface area contributed by atoms with Crippen LogP contribution in [0.3, 0.4) is 0 Å². The molecule has 1 heterocycles. The molecule has 0 bridgehead atoms. The van der Waals surface area contributed by atoms with Gasteiger partial charge in [0.1, 0.15) is 19.0 Å². The third-order valence-electron chi connectivity index (χ3n) is 2.78. The summed E-state index contributed by atoms with van der Waals surface area (Å²) in [5.74, 6) is 1.12. The van der Waals surface area contributed by atoms with Crippen molar-refractivity contribution in [2.45, 2.75) is 0 Å². The fourth-order valence-electron chi connectivity index (χ4n) is 1.87. The first kappa shape index (κ1) is 12.8. The van der Waals surface area contributed by atoms with Gasteiger partial charge in [-0.25, -0.2) is 4.79 Å². The van der Waals surface area contributed by atoms with E-state index in [1.807, 2.05) is 0 Å². The Hall–Kier alpha value is -2.20. The largest absolute Gasteiger partial charge is 0.486 e. The highest BCUT2D eigenvalue weighted by atomic mass is 35.5. The van der Waals surface area contributed by atoms with E-state index in [0.717, 1.165) is 0 Å². The topological polar surface area (TPSA) is 44.8 Å². The number of halogens is 1. The number of ether oxygens (including phenoxy) is 3. The standard InChI is InChI=1S/C15H11ClO4/c16-11-2-1-3-12(9-11)20-15(17)10-4-5-13-14(8-10)19-7-6-18-13/h1-5,8-9H,6-7H2. The summed E-state index contributed by atoms with van der Waals surface area (Å²) in [6.45, 7) is 0.985. The minimum Gasteiger partial charge on any atom is -0.486 e. The summed E-state index contributed by atoms with van der Waals surface area (Å²) in [5, 5.41) is 0.512. The van der Waals surface area contributed by atoms with Crippen molar-refractivity contribution >= 4 is 17.6 Å². The highest BCUT2D eigenvalue weighted by Crippen LogP contribution is 2.31. The van der Waals surface area contributed by atoms with Gasteiger partial charge >= 0.3 is 5.97 Å². The van der Waals surface area contributed by atoms with Crippen LogP contribution in [0, 0.1) is 0 Å². The van der Waals surface area contributed by atoms with E-state index < -0.39 is 5.97 Å². The fourth-order valence-corrected chi connectivity index (χ4v) is 2.05. The van der Waals surface area contributed by atoms with Crippen LogP contribution >= 0.6 is 11.6 Å². The van der Waals surface area contributed by atoms with Crippen LogP contribution in [0.15, 0.2) is 42.5 Å². The molecule has 0 amide bonds. The number of esters is 1. The first-order chi connectivity index (χ1) is 9.72. The Labute approximate surface area is 120 Å². The van der Waals surface area contributed by atoms with Crippen LogP contribution in [0.25, 0.3) is 0 Å². The lowest BCUT2D eigenvalue weighted by atomic mass is 10.2. The smallest absolute Gasteiger partial charge is 0.343 e. The first-order valence-corrected chi connectivity index (χ1v) is 6.47. The molecule has 0 N–H and O–H groups in total. The Morgan fingerprint density at radius 1 is 1.05 bits per heavy atom. The number of benzene rings is 2. The van der Waals surface area contributed by atoms with Gasteiger partial charge in [-0.3, -0.25) is 0 Å². The van der Waals surface area contributed by atoms with Crippen molar-refractivity contribution in [3.05, 3.63) is 53.1 Å². The average molecular weight is 291 g/mol. The van der Waals surface area contributed by atoms with Gasteiger partial charge in [0.05, 0.1) is 5.56 Å². The molecular weight excluding hydrogens is 280 g/mol. The molecule has 0 radical (unpaired) electrons. The lowest BCUT2D eigenvalue weighted by molar-refractivity contribution is 0.0733. The van der Waals surface area contributed by atoms with E-state index in [1.165, 1.54) is 0 Å². The van der Waals surface area contributed by atoms with Crippen LogP contribution in [0.2, 0.25) is 5.02 Å². The highest BCUT2D eigenvalue weighted by Gasteiger charge is 2.16. The molecule has 0 unspecified atom stereocenters. The first-order valence-electron chi connectivity index (χ1n) is 6.10. The van der Waals surface area contributed by atoms with Gasteiger partial charge in [0.15, 0.2) is 11.5 Å². The number of rotatable bonds is 2. The molecular formula is C15H11ClO4. The monoisotopic (exact) mass is 290 g/mol. The van der Waals surface area contributed by atoms with E-state index in [0.29, 0.717) is 41.0 Å². The molecule has 20 heavy (non-hydrogen) atoms. The van der Waals surface area contributed by atoms with E-state index in [1.54, 1.807) is 42.5 Å². The van der Waals surface area contributed by atoms with Crippen molar-refractivity contribution in [1.29, 1.82) is 0 Å². The molecule has 4 nitrogen and oxygen atoms in total. The maximum Gasteiger partial charge on any atom is 0.343 e. The molecule has 0 saturated carbocycles. The Balaban J connectivity index is 1.80. The molecule has 2 aromatic rings. The molecule has 1 aliphatic rings. The predicted molar refractivity (Wildman–Crippen MR) is 73.8 cm³/mol. The van der Waals surface area contributed by atoms with Gasteiger partial charge in [0.2, 0.25) is 0 Å². The van der Waals surface area contributed by atoms with Crippen LogP contribution in [-0.2, 0) is 0 Å². The molecule has 0 spiro atoms. The van der Waals surface area contributed by atoms with Gasteiger partial charge < -0.3 is 14.2 Å². The van der Waals surface area contributed by atoms with Crippen molar-refractivity contribution in [2.24, 2.45) is 0 Å². The van der Waals surface area contributed by atoms with Crippen molar-refractivity contribution in [1.82, 2.24) is 0 Å². The van der Waals surface area contributed by atoms with Gasteiger partial charge in [-0.1, -0.05) is 17.7 Å². The summed E-state index contributed by atoms with van der Waals surface area (Å²) in [6, 6.07) is 11.6. The van der Waals surface area contributed by atoms with Crippen molar-refractivity contribution in [2.75, 3.05) is 13.2 Å². The second-order valence-corrected chi connectivity index (χ2v) is 4.64. The predicted octanol–water partition coefficient (Wildman–Crippen LogP) is 3.33. The SMILES string of the molecule is O=C(Oc1cccc(Cl)c1)c1ccc2c(c1)OCCO2. The number of hydrogen-bond donors (Lipinski definition) is 0. The Morgan fingerprint density at radius 2 is 1.85 bits per heavy atom. The summed E-state index contributed by atoms with van der Waals surface area (Å²) in [4.78, 5) is 12.0. The van der Waals surface area contributed by atoms with Gasteiger partial charge in [-0.05, 0) is 36.4 Å². The molecule has 0 fully saturated rings. The van der Waals surface area contributed by atoms with Gasteiger partial charge in [0, 0.05) is 5.02 Å². The van der Waals surface area contributed by atoms with Crippen LogP contribution in [0.5, 0.6) is 17.2 Å². The zero-order valence-corrected chi connectivity index (χ0v) is 11.2. The van der Waals surface area contributed by atoms with E-state index in [4.69, 9.17) is 25.8 Å². The number of fused-ring (bicyclic) bond motifs is 1. The van der Waals surface area contributed by atoms with Crippen LogP contribution in [0.4, 0.5) is 0 Å². The van der Waals surface area contributed by atoms with Crippen LogP contribution in [-0.4, -0.2) is 19.2 Å². The molecule has 5 heteroatoms. The number of hydrogen-bond acceptors (Lipinski definition) is 4. The van der Waals surface area contributed by atoms with Crippen LogP contribution < -0.4 is 14.2 Å². The van der Waals surface area contributed by atoms with Crippen molar-refractivity contribution in [3.8, 4) is 17.2 Å². The van der Waals surface area contributed by atoms with Gasteiger partial charge in [-0.2, -0.15) is 0 Å². The summed E-state index contributed by atoms with van der Waals surface area (Å²) in [7, 11) is 0. The van der Waals surface area contributed by atoms with Crippen molar-refractivity contribution in [3.63, 3.8) is 0 Å². The third-order valence-corrected chi connectivity index (χ3v) is 3.02. The lowest BCUT2D eigenvalue weighted by Gasteiger charge is -2.18. The summed E-state index contributed by atoms with van der Waals surface area (Å²) in [5.41, 5.74) is 0.397. The van der Waals surface area contributed by atoms with E-state index >= 15 is 0 Å². The minimum atomic E-state index is -0.468. The van der Waals surface area contributed by atoms with E-state index in [-0.39, 0.29) is 0 Å². The summed E-state index contributed by atoms with van der Waals surface area (Å²) in [6.07, 6.45) is 0. The molecule has 0 aliphatic carbocycles. The number of carbonyl (C=O) groups excluding carboxylic acids is 1. The normalized spacial score (nSPS) is 12.8. The Bertz CT molecular complexity index is 654. The van der Waals surface area contributed by atoms with Gasteiger partial charge in [0.25, 0.3) is 0 Å². The summed E-state index contributed by atoms with van der Waals surface area (Å²) >= 11 is 5.84. The molecule has 3 rings (SSSR count). The number of carbonyl (C=O) groups is 1. The second kappa shape index (κ2) is 5.43. The zero-order valence-electron chi connectivity index (χ0n) is 10.5. The summed E-state index contributed by atoms with van der Waals surface area (Å²) < 4.78 is 16.1. The zero-order chi connectivity index (χ0) is 13.9. The maximum atomic E-state index is 12.0. The molecule has 1 aliphatic heterocycles. The van der Waals surface area contributed by atoms with Crippen molar-refractivity contribution < 1.29 is 19.0 Å². The minimum absolute atomic E-state index is 0.397. The Kier molecular flexibility index (Phi) is 3.48. The van der Waals surface area contributed by atoms with Gasteiger partial charge in [-0.15, -0.1) is 0 Å². The van der Waals surface area contributed by atoms with E-state index in [9.17, 15) is 4.79 Å². The maximum absolute atomic E-state index is 12.0. The molecule has 0 aromatic heterocycles. The Morgan fingerprint density at radius 3 is 2.65 bits per heavy atom. The highest BCUT2D eigenvalue weighted by molar-refractivity contribution is 6.30. The molecule has 2 aromatic carbocycles. The lowest BCUT2D eigenvalue weighted by Crippen LogP contribution is -2.16. The molecule has 102 valence electrons. The second-order valence-electron chi connectivity index (χ2n) is 4.21. The quantitative estimate of drug-likeness (QED) is 0.628. The molecule has 0 saturated heterocycles. The molecule has 0 atom stereocenters. The average Bonchev–Trinajstić information content (AvgIpc) is 2.47. The fraction of sp³-hybridized carbons (Fsp3) is 0.133. The third kappa shape index (κ3) is 2.70. The van der Waals surface area contributed by atoms with Crippen LogP contribution in [0.1, 0.15) is 10.4 Å².